The lowest BCUT2D eigenvalue weighted by atomic mass is 9.94. The summed E-state index contributed by atoms with van der Waals surface area (Å²) in [7, 11) is 1.32. The monoisotopic (exact) mass is 381 g/mol. The molecule has 1 amide bonds. The molecule has 6 nitrogen and oxygen atoms in total. The third-order valence-electron chi connectivity index (χ3n) is 4.90. The average Bonchev–Trinajstić information content (AvgIpc) is 2.75. The van der Waals surface area contributed by atoms with Crippen molar-refractivity contribution in [2.24, 2.45) is 0 Å². The number of rotatable bonds is 6. The molecule has 2 aromatic rings. The predicted octanol–water partition coefficient (Wildman–Crippen LogP) is 2.78. The number of fused-ring (bicyclic) bond motifs is 1. The Morgan fingerprint density at radius 3 is 2.36 bits per heavy atom. The summed E-state index contributed by atoms with van der Waals surface area (Å²) in [5.74, 6) is -0.188. The molecule has 1 heterocycles. The Bertz CT molecular complexity index is 875. The van der Waals surface area contributed by atoms with Crippen LogP contribution in [0.2, 0.25) is 0 Å². The summed E-state index contributed by atoms with van der Waals surface area (Å²) in [5, 5.41) is 0. The second kappa shape index (κ2) is 8.69. The zero-order valence-corrected chi connectivity index (χ0v) is 16.0. The first-order valence-corrected chi connectivity index (χ1v) is 9.23. The maximum atomic E-state index is 12.8. The summed E-state index contributed by atoms with van der Waals surface area (Å²) in [4.78, 5) is 38.2. The Morgan fingerprint density at radius 2 is 1.71 bits per heavy atom. The van der Waals surface area contributed by atoms with Crippen molar-refractivity contribution in [1.29, 1.82) is 0 Å². The van der Waals surface area contributed by atoms with Gasteiger partial charge in [0, 0.05) is 24.9 Å². The molecule has 6 heteroatoms. The molecule has 0 spiro atoms. The van der Waals surface area contributed by atoms with Crippen LogP contribution in [-0.2, 0) is 27.3 Å². The number of amides is 1. The van der Waals surface area contributed by atoms with Crippen LogP contribution in [0.3, 0.4) is 0 Å². The number of methoxy groups -OCH3 is 1. The summed E-state index contributed by atoms with van der Waals surface area (Å²) in [5.41, 5.74) is 2.66. The first-order chi connectivity index (χ1) is 13.5. The van der Waals surface area contributed by atoms with Crippen molar-refractivity contribution in [2.45, 2.75) is 32.4 Å². The van der Waals surface area contributed by atoms with Crippen molar-refractivity contribution >= 4 is 17.7 Å². The molecule has 2 aromatic carbocycles. The van der Waals surface area contributed by atoms with E-state index in [1.165, 1.54) is 12.0 Å². The standard InChI is InChI=1S/C22H23NO5/c1-3-20(24)15-8-10-18(11-9-15)28-14-21(25)23-13-17-7-5-4-6-16(17)12-19(23)22(26)27-2/h4-11,19H,3,12-14H2,1-2H3/t19-/m1/s1. The van der Waals surface area contributed by atoms with Crippen LogP contribution in [0.25, 0.3) is 0 Å². The van der Waals surface area contributed by atoms with E-state index in [2.05, 4.69) is 0 Å². The number of ether oxygens (including phenoxy) is 2. The summed E-state index contributed by atoms with van der Waals surface area (Å²) in [6.45, 7) is 1.94. The summed E-state index contributed by atoms with van der Waals surface area (Å²) in [6, 6.07) is 13.8. The second-order valence-corrected chi connectivity index (χ2v) is 6.62. The summed E-state index contributed by atoms with van der Waals surface area (Å²) in [6.07, 6.45) is 0.854. The number of hydrogen-bond donors (Lipinski definition) is 0. The number of nitrogens with zero attached hydrogens (tertiary/aromatic N) is 1. The van der Waals surface area contributed by atoms with E-state index in [0.29, 0.717) is 30.7 Å². The van der Waals surface area contributed by atoms with E-state index in [1.807, 2.05) is 24.3 Å². The molecule has 1 aliphatic heterocycles. The van der Waals surface area contributed by atoms with E-state index in [0.717, 1.165) is 11.1 Å². The largest absolute Gasteiger partial charge is 0.484 e. The number of carbonyl (C=O) groups is 3. The highest BCUT2D eigenvalue weighted by Gasteiger charge is 2.35. The zero-order chi connectivity index (χ0) is 20.1. The molecule has 0 bridgehead atoms. The third kappa shape index (κ3) is 4.22. The maximum Gasteiger partial charge on any atom is 0.328 e. The third-order valence-corrected chi connectivity index (χ3v) is 4.90. The molecule has 0 N–H and O–H groups in total. The van der Waals surface area contributed by atoms with Gasteiger partial charge in [0.25, 0.3) is 5.91 Å². The van der Waals surface area contributed by atoms with Crippen molar-refractivity contribution in [2.75, 3.05) is 13.7 Å². The van der Waals surface area contributed by atoms with Crippen LogP contribution >= 0.6 is 0 Å². The molecule has 28 heavy (non-hydrogen) atoms. The van der Waals surface area contributed by atoms with Crippen LogP contribution in [0, 0.1) is 0 Å². The quantitative estimate of drug-likeness (QED) is 0.568. The topological polar surface area (TPSA) is 72.9 Å². The van der Waals surface area contributed by atoms with Crippen LogP contribution in [0.5, 0.6) is 5.75 Å². The fourth-order valence-corrected chi connectivity index (χ4v) is 3.30. The molecular formula is C22H23NO5. The molecule has 0 aliphatic carbocycles. The number of hydrogen-bond acceptors (Lipinski definition) is 5. The Morgan fingerprint density at radius 1 is 1.04 bits per heavy atom. The van der Waals surface area contributed by atoms with Gasteiger partial charge in [0.2, 0.25) is 0 Å². The first kappa shape index (κ1) is 19.6. The van der Waals surface area contributed by atoms with Crippen molar-refractivity contribution in [3.63, 3.8) is 0 Å². The Kier molecular flexibility index (Phi) is 6.09. The van der Waals surface area contributed by atoms with Gasteiger partial charge in [-0.1, -0.05) is 31.2 Å². The van der Waals surface area contributed by atoms with Crippen LogP contribution in [-0.4, -0.2) is 42.3 Å². The summed E-state index contributed by atoms with van der Waals surface area (Å²) < 4.78 is 10.5. The minimum absolute atomic E-state index is 0.0514. The minimum Gasteiger partial charge on any atom is -0.484 e. The molecular weight excluding hydrogens is 358 g/mol. The number of carbonyl (C=O) groups excluding carboxylic acids is 3. The lowest BCUT2D eigenvalue weighted by Gasteiger charge is -2.35. The highest BCUT2D eigenvalue weighted by atomic mass is 16.5. The van der Waals surface area contributed by atoms with E-state index >= 15 is 0 Å². The second-order valence-electron chi connectivity index (χ2n) is 6.62. The molecule has 0 saturated heterocycles. The van der Waals surface area contributed by atoms with E-state index < -0.39 is 12.0 Å². The molecule has 1 atom stereocenters. The lowest BCUT2D eigenvalue weighted by Crippen LogP contribution is -2.50. The Hall–Kier alpha value is -3.15. The van der Waals surface area contributed by atoms with Crippen LogP contribution < -0.4 is 4.74 Å². The highest BCUT2D eigenvalue weighted by molar-refractivity contribution is 5.95. The fraction of sp³-hybridized carbons (Fsp3) is 0.318. The molecule has 0 unspecified atom stereocenters. The normalized spacial score (nSPS) is 15.5. The first-order valence-electron chi connectivity index (χ1n) is 9.23. The van der Waals surface area contributed by atoms with E-state index in [1.54, 1.807) is 31.2 Å². The molecule has 0 fully saturated rings. The van der Waals surface area contributed by atoms with Crippen LogP contribution in [0.4, 0.5) is 0 Å². The maximum absolute atomic E-state index is 12.8. The van der Waals surface area contributed by atoms with Gasteiger partial charge in [0.05, 0.1) is 7.11 Å². The van der Waals surface area contributed by atoms with Gasteiger partial charge in [-0.3, -0.25) is 9.59 Å². The van der Waals surface area contributed by atoms with Crippen molar-refractivity contribution < 1.29 is 23.9 Å². The molecule has 0 saturated carbocycles. The smallest absolute Gasteiger partial charge is 0.328 e. The van der Waals surface area contributed by atoms with E-state index in [9.17, 15) is 14.4 Å². The average molecular weight is 381 g/mol. The van der Waals surface area contributed by atoms with Crippen molar-refractivity contribution in [3.8, 4) is 5.75 Å². The molecule has 0 aromatic heterocycles. The van der Waals surface area contributed by atoms with Gasteiger partial charge in [-0.05, 0) is 35.4 Å². The van der Waals surface area contributed by atoms with Gasteiger partial charge >= 0.3 is 5.97 Å². The molecule has 1 aliphatic rings. The molecule has 146 valence electrons. The number of Topliss-reactive ketones (excluding diaryl/α,β-unsaturated/α-hetero) is 1. The van der Waals surface area contributed by atoms with Gasteiger partial charge in [-0.25, -0.2) is 4.79 Å². The van der Waals surface area contributed by atoms with Gasteiger partial charge in [-0.15, -0.1) is 0 Å². The predicted molar refractivity (Wildman–Crippen MR) is 103 cm³/mol. The van der Waals surface area contributed by atoms with Crippen molar-refractivity contribution in [3.05, 3.63) is 65.2 Å². The lowest BCUT2D eigenvalue weighted by molar-refractivity contribution is -0.154. The SMILES string of the molecule is CCC(=O)c1ccc(OCC(=O)N2Cc3ccccc3C[C@@H]2C(=O)OC)cc1. The number of ketones is 1. The van der Waals surface area contributed by atoms with Crippen molar-refractivity contribution in [1.82, 2.24) is 4.90 Å². The zero-order valence-electron chi connectivity index (χ0n) is 16.0. The van der Waals surface area contributed by atoms with Crippen LogP contribution in [0.15, 0.2) is 48.5 Å². The van der Waals surface area contributed by atoms with E-state index in [-0.39, 0.29) is 18.3 Å². The minimum atomic E-state index is -0.666. The highest BCUT2D eigenvalue weighted by Crippen LogP contribution is 2.24. The van der Waals surface area contributed by atoms with Gasteiger partial charge in [0.1, 0.15) is 11.8 Å². The fourth-order valence-electron chi connectivity index (χ4n) is 3.30. The van der Waals surface area contributed by atoms with Gasteiger partial charge in [0.15, 0.2) is 12.4 Å². The Balaban J connectivity index is 1.69. The number of benzene rings is 2. The van der Waals surface area contributed by atoms with Gasteiger partial charge in [-0.2, -0.15) is 0 Å². The van der Waals surface area contributed by atoms with E-state index in [4.69, 9.17) is 9.47 Å². The van der Waals surface area contributed by atoms with Gasteiger partial charge < -0.3 is 14.4 Å². The Labute approximate surface area is 164 Å². The molecule has 0 radical (unpaired) electrons. The molecule has 3 rings (SSSR count). The van der Waals surface area contributed by atoms with Crippen LogP contribution in [0.1, 0.15) is 34.8 Å². The summed E-state index contributed by atoms with van der Waals surface area (Å²) >= 11 is 0. The number of esters is 1.